The first-order valence-corrected chi connectivity index (χ1v) is 5.67. The normalized spacial score (nSPS) is 14.7. The molecule has 0 aromatic rings. The number of rotatable bonds is 7. The molecule has 4 heteroatoms. The summed E-state index contributed by atoms with van der Waals surface area (Å²) in [5.74, 6) is -1.30. The Hall–Kier alpha value is -1.32. The number of aliphatic carboxylic acids is 1. The fourth-order valence-electron chi connectivity index (χ4n) is 1.37. The zero-order valence-electron chi connectivity index (χ0n) is 10.2. The van der Waals surface area contributed by atoms with Crippen LogP contribution in [0.3, 0.4) is 0 Å². The summed E-state index contributed by atoms with van der Waals surface area (Å²) in [6, 6.07) is -0.817. The van der Waals surface area contributed by atoms with Gasteiger partial charge in [0.2, 0.25) is 5.91 Å². The number of allylic oxidation sites excluding steroid dienone is 1. The number of amides is 1. The van der Waals surface area contributed by atoms with Crippen molar-refractivity contribution in [2.75, 3.05) is 0 Å². The molecule has 0 fully saturated rings. The predicted octanol–water partition coefficient (Wildman–Crippen LogP) is 1.96. The van der Waals surface area contributed by atoms with Crippen molar-refractivity contribution in [3.63, 3.8) is 0 Å². The summed E-state index contributed by atoms with van der Waals surface area (Å²) >= 11 is 0. The lowest BCUT2D eigenvalue weighted by Crippen LogP contribution is -2.42. The Morgan fingerprint density at radius 1 is 1.44 bits per heavy atom. The van der Waals surface area contributed by atoms with E-state index in [2.05, 4.69) is 5.32 Å². The van der Waals surface area contributed by atoms with Gasteiger partial charge in [0.1, 0.15) is 6.04 Å². The molecule has 92 valence electrons. The fraction of sp³-hybridized carbons (Fsp3) is 0.667. The molecule has 1 amide bonds. The van der Waals surface area contributed by atoms with Gasteiger partial charge in [-0.25, -0.2) is 4.79 Å². The van der Waals surface area contributed by atoms with Crippen molar-refractivity contribution in [1.82, 2.24) is 5.32 Å². The first kappa shape index (κ1) is 14.7. The van der Waals surface area contributed by atoms with Gasteiger partial charge in [-0.1, -0.05) is 32.4 Å². The third-order valence-corrected chi connectivity index (χ3v) is 2.39. The lowest BCUT2D eigenvalue weighted by Gasteiger charge is -2.16. The summed E-state index contributed by atoms with van der Waals surface area (Å²) in [7, 11) is 0. The molecule has 0 aromatic carbocycles. The summed E-state index contributed by atoms with van der Waals surface area (Å²) in [6.07, 6.45) is 5.54. The van der Waals surface area contributed by atoms with Crippen LogP contribution >= 0.6 is 0 Å². The molecule has 0 rings (SSSR count). The van der Waals surface area contributed by atoms with Crippen LogP contribution in [0.1, 0.15) is 40.0 Å². The number of nitrogens with one attached hydrogen (secondary N) is 1. The zero-order chi connectivity index (χ0) is 12.6. The summed E-state index contributed by atoms with van der Waals surface area (Å²) in [4.78, 5) is 22.5. The van der Waals surface area contributed by atoms with Gasteiger partial charge in [0.25, 0.3) is 0 Å². The molecule has 16 heavy (non-hydrogen) atoms. The molecule has 2 N–H and O–H groups in total. The van der Waals surface area contributed by atoms with Gasteiger partial charge in [0.05, 0.1) is 0 Å². The first-order chi connectivity index (χ1) is 7.52. The second kappa shape index (κ2) is 7.91. The van der Waals surface area contributed by atoms with E-state index in [1.807, 2.05) is 20.8 Å². The molecule has 0 bridgehead atoms. The van der Waals surface area contributed by atoms with Gasteiger partial charge in [-0.15, -0.1) is 0 Å². The summed E-state index contributed by atoms with van der Waals surface area (Å²) in [6.45, 7) is 5.63. The number of carbonyl (C=O) groups excluding carboxylic acids is 1. The molecule has 0 heterocycles. The van der Waals surface area contributed by atoms with Crippen molar-refractivity contribution >= 4 is 11.9 Å². The van der Waals surface area contributed by atoms with E-state index in [0.717, 1.165) is 12.8 Å². The van der Waals surface area contributed by atoms with Gasteiger partial charge in [-0.3, -0.25) is 4.79 Å². The molecule has 0 saturated carbocycles. The summed E-state index contributed by atoms with van der Waals surface area (Å²) in [5.41, 5.74) is 0. The molecule has 0 aliphatic rings. The summed E-state index contributed by atoms with van der Waals surface area (Å²) in [5, 5.41) is 11.5. The molecular weight excluding hydrogens is 206 g/mol. The second-order valence-electron chi connectivity index (χ2n) is 3.89. The van der Waals surface area contributed by atoms with E-state index in [9.17, 15) is 9.59 Å². The van der Waals surface area contributed by atoms with Gasteiger partial charge in [0, 0.05) is 5.92 Å². The van der Waals surface area contributed by atoms with Crippen LogP contribution in [0.25, 0.3) is 0 Å². The van der Waals surface area contributed by atoms with E-state index >= 15 is 0 Å². The van der Waals surface area contributed by atoms with Crippen molar-refractivity contribution in [2.45, 2.75) is 46.1 Å². The van der Waals surface area contributed by atoms with Crippen LogP contribution in [-0.2, 0) is 9.59 Å². The average Bonchev–Trinajstić information content (AvgIpc) is 2.23. The Kier molecular flexibility index (Phi) is 7.25. The first-order valence-electron chi connectivity index (χ1n) is 5.67. The van der Waals surface area contributed by atoms with E-state index in [0.29, 0.717) is 6.42 Å². The maximum Gasteiger partial charge on any atom is 0.326 e. The minimum absolute atomic E-state index is 0.127. The number of carboxylic acids is 1. The molecule has 0 aliphatic carbocycles. The lowest BCUT2D eigenvalue weighted by atomic mass is 10.0. The Morgan fingerprint density at radius 2 is 2.06 bits per heavy atom. The highest BCUT2D eigenvalue weighted by atomic mass is 16.4. The number of carboxylic acid groups (broad SMARTS) is 1. The second-order valence-corrected chi connectivity index (χ2v) is 3.89. The predicted molar refractivity (Wildman–Crippen MR) is 63.1 cm³/mol. The van der Waals surface area contributed by atoms with Crippen LogP contribution < -0.4 is 5.32 Å². The van der Waals surface area contributed by atoms with Crippen molar-refractivity contribution in [2.24, 2.45) is 5.92 Å². The lowest BCUT2D eigenvalue weighted by molar-refractivity contribution is -0.142. The van der Waals surface area contributed by atoms with Crippen molar-refractivity contribution < 1.29 is 14.7 Å². The monoisotopic (exact) mass is 227 g/mol. The molecule has 0 spiro atoms. The topological polar surface area (TPSA) is 66.4 Å². The molecule has 0 radical (unpaired) electrons. The van der Waals surface area contributed by atoms with E-state index in [4.69, 9.17) is 5.11 Å². The fourth-order valence-corrected chi connectivity index (χ4v) is 1.37. The molecule has 2 atom stereocenters. The minimum atomic E-state index is -0.991. The summed E-state index contributed by atoms with van der Waals surface area (Å²) < 4.78 is 0. The van der Waals surface area contributed by atoms with E-state index in [-0.39, 0.29) is 11.8 Å². The van der Waals surface area contributed by atoms with Crippen LogP contribution in [-0.4, -0.2) is 23.0 Å². The highest BCUT2D eigenvalue weighted by molar-refractivity contribution is 5.84. The van der Waals surface area contributed by atoms with Crippen LogP contribution in [0, 0.1) is 5.92 Å². The Balaban J connectivity index is 4.28. The standard InChI is InChI=1S/C12H21NO3/c1-4-6-8-10(12(15)16)13-11(14)9(3)7-5-2/h4,6,9-10H,5,7-8H2,1-3H3,(H,13,14)(H,15,16)/b6-4+. The van der Waals surface area contributed by atoms with Crippen molar-refractivity contribution in [3.05, 3.63) is 12.2 Å². The Labute approximate surface area is 96.7 Å². The number of hydrogen-bond acceptors (Lipinski definition) is 2. The highest BCUT2D eigenvalue weighted by Gasteiger charge is 2.21. The SMILES string of the molecule is C/C=C/CC(NC(=O)C(C)CCC)C(=O)O. The van der Waals surface area contributed by atoms with Gasteiger partial charge < -0.3 is 10.4 Å². The maximum atomic E-state index is 11.6. The largest absolute Gasteiger partial charge is 0.480 e. The van der Waals surface area contributed by atoms with Gasteiger partial charge in [-0.2, -0.15) is 0 Å². The van der Waals surface area contributed by atoms with Crippen molar-refractivity contribution in [1.29, 1.82) is 0 Å². The van der Waals surface area contributed by atoms with Crippen LogP contribution in [0.5, 0.6) is 0 Å². The quantitative estimate of drug-likeness (QED) is 0.653. The van der Waals surface area contributed by atoms with Gasteiger partial charge >= 0.3 is 5.97 Å². The Bertz CT molecular complexity index is 261. The van der Waals surface area contributed by atoms with E-state index < -0.39 is 12.0 Å². The van der Waals surface area contributed by atoms with E-state index in [1.165, 1.54) is 0 Å². The minimum Gasteiger partial charge on any atom is -0.480 e. The molecule has 0 saturated heterocycles. The average molecular weight is 227 g/mol. The van der Waals surface area contributed by atoms with Gasteiger partial charge in [-0.05, 0) is 19.8 Å². The highest BCUT2D eigenvalue weighted by Crippen LogP contribution is 2.06. The number of hydrogen-bond donors (Lipinski definition) is 2. The van der Waals surface area contributed by atoms with E-state index in [1.54, 1.807) is 12.2 Å². The van der Waals surface area contributed by atoms with Crippen LogP contribution in [0.4, 0.5) is 0 Å². The van der Waals surface area contributed by atoms with Crippen molar-refractivity contribution in [3.8, 4) is 0 Å². The van der Waals surface area contributed by atoms with Gasteiger partial charge in [0.15, 0.2) is 0 Å². The Morgan fingerprint density at radius 3 is 2.50 bits per heavy atom. The third kappa shape index (κ3) is 5.53. The third-order valence-electron chi connectivity index (χ3n) is 2.39. The van der Waals surface area contributed by atoms with Crippen LogP contribution in [0.2, 0.25) is 0 Å². The van der Waals surface area contributed by atoms with Crippen LogP contribution in [0.15, 0.2) is 12.2 Å². The molecule has 0 aromatic heterocycles. The maximum absolute atomic E-state index is 11.6. The zero-order valence-corrected chi connectivity index (χ0v) is 10.2. The smallest absolute Gasteiger partial charge is 0.326 e. The molecule has 2 unspecified atom stereocenters. The molecule has 4 nitrogen and oxygen atoms in total. The number of carbonyl (C=O) groups is 2. The molecule has 0 aliphatic heterocycles. The molecular formula is C12H21NO3.